The molecule has 124 valence electrons. The van der Waals surface area contributed by atoms with Crippen molar-refractivity contribution < 1.29 is 13.2 Å². The summed E-state index contributed by atoms with van der Waals surface area (Å²) in [7, 11) is -3.11. The van der Waals surface area contributed by atoms with Gasteiger partial charge in [0.15, 0.2) is 0 Å². The quantitative estimate of drug-likeness (QED) is 0.817. The summed E-state index contributed by atoms with van der Waals surface area (Å²) in [6.07, 6.45) is 1.48. The molecule has 1 amide bonds. The molecule has 0 unspecified atom stereocenters. The van der Waals surface area contributed by atoms with Crippen molar-refractivity contribution >= 4 is 26.5 Å². The van der Waals surface area contributed by atoms with E-state index < -0.39 is 9.84 Å². The van der Waals surface area contributed by atoms with Crippen molar-refractivity contribution in [2.45, 2.75) is 26.3 Å². The molecule has 0 spiro atoms. The number of carbonyl (C=O) groups excluding carboxylic acids is 1. The van der Waals surface area contributed by atoms with E-state index >= 15 is 0 Å². The predicted octanol–water partition coefficient (Wildman–Crippen LogP) is 2.66. The Morgan fingerprint density at radius 3 is 2.39 bits per heavy atom. The predicted molar refractivity (Wildman–Crippen MR) is 94.2 cm³/mol. The molecule has 0 aliphatic rings. The molecule has 5 heteroatoms. The van der Waals surface area contributed by atoms with Crippen LogP contribution in [-0.4, -0.2) is 43.8 Å². The van der Waals surface area contributed by atoms with Crippen molar-refractivity contribution in [3.63, 3.8) is 0 Å². The van der Waals surface area contributed by atoms with E-state index in [-0.39, 0.29) is 24.1 Å². The fourth-order valence-corrected chi connectivity index (χ4v) is 3.94. The molecule has 0 heterocycles. The molecule has 4 nitrogen and oxygen atoms in total. The van der Waals surface area contributed by atoms with Crippen LogP contribution in [0.1, 0.15) is 19.4 Å². The third-order valence-electron chi connectivity index (χ3n) is 3.91. The van der Waals surface area contributed by atoms with Crippen LogP contribution in [0, 0.1) is 0 Å². The summed E-state index contributed by atoms with van der Waals surface area (Å²) in [5.41, 5.74) is 0.943. The minimum Gasteiger partial charge on any atom is -0.339 e. The van der Waals surface area contributed by atoms with E-state index in [0.29, 0.717) is 6.54 Å². The molecule has 0 aliphatic carbocycles. The Hall–Kier alpha value is -1.88. The van der Waals surface area contributed by atoms with E-state index in [1.54, 1.807) is 11.8 Å². The molecular weight excluding hydrogens is 310 g/mol. The summed E-state index contributed by atoms with van der Waals surface area (Å²) < 4.78 is 22.9. The summed E-state index contributed by atoms with van der Waals surface area (Å²) in [4.78, 5) is 14.2. The summed E-state index contributed by atoms with van der Waals surface area (Å²) in [5.74, 6) is -0.0523. The number of sulfone groups is 1. The Labute approximate surface area is 138 Å². The van der Waals surface area contributed by atoms with Crippen LogP contribution in [0.3, 0.4) is 0 Å². The molecule has 0 fully saturated rings. The second-order valence-corrected chi connectivity index (χ2v) is 8.16. The number of likely N-dealkylation sites (N-methyl/N-ethyl adjacent to an activating group) is 1. The van der Waals surface area contributed by atoms with E-state index in [2.05, 4.69) is 0 Å². The number of benzene rings is 2. The largest absolute Gasteiger partial charge is 0.339 e. The van der Waals surface area contributed by atoms with Gasteiger partial charge in [-0.15, -0.1) is 0 Å². The highest BCUT2D eigenvalue weighted by Gasteiger charge is 2.22. The number of fused-ring (bicyclic) bond motifs is 1. The van der Waals surface area contributed by atoms with Crippen LogP contribution in [0.15, 0.2) is 42.5 Å². The molecule has 1 atom stereocenters. The molecule has 23 heavy (non-hydrogen) atoms. The van der Waals surface area contributed by atoms with Gasteiger partial charge in [-0.1, -0.05) is 42.5 Å². The molecule has 0 radical (unpaired) electrons. The minimum atomic E-state index is -3.11. The highest BCUT2D eigenvalue weighted by atomic mass is 32.2. The number of hydrogen-bond donors (Lipinski definition) is 0. The summed E-state index contributed by atoms with van der Waals surface area (Å²) in [6, 6.07) is 13.7. The Bertz CT molecular complexity index is 799. The zero-order valence-corrected chi connectivity index (χ0v) is 14.6. The van der Waals surface area contributed by atoms with Crippen LogP contribution >= 0.6 is 0 Å². The first-order valence-electron chi connectivity index (χ1n) is 7.75. The highest BCUT2D eigenvalue weighted by molar-refractivity contribution is 7.90. The van der Waals surface area contributed by atoms with Crippen molar-refractivity contribution in [1.29, 1.82) is 0 Å². The van der Waals surface area contributed by atoms with Crippen molar-refractivity contribution in [2.75, 3.05) is 18.6 Å². The zero-order valence-electron chi connectivity index (χ0n) is 13.8. The van der Waals surface area contributed by atoms with Gasteiger partial charge in [0.2, 0.25) is 5.91 Å². The summed E-state index contributed by atoms with van der Waals surface area (Å²) >= 11 is 0. The number of hydrogen-bond acceptors (Lipinski definition) is 3. The molecule has 2 aromatic carbocycles. The molecule has 0 saturated carbocycles. The number of nitrogens with zero attached hydrogens (tertiary/aromatic N) is 1. The molecule has 0 bridgehead atoms. The second kappa shape index (κ2) is 7.13. The smallest absolute Gasteiger partial charge is 0.227 e. The van der Waals surface area contributed by atoms with Gasteiger partial charge in [0.1, 0.15) is 9.84 Å². The van der Waals surface area contributed by atoms with Gasteiger partial charge in [0.05, 0.1) is 12.2 Å². The normalized spacial score (nSPS) is 13.0. The van der Waals surface area contributed by atoms with Crippen molar-refractivity contribution in [3.8, 4) is 0 Å². The van der Waals surface area contributed by atoms with Gasteiger partial charge < -0.3 is 4.90 Å². The lowest BCUT2D eigenvalue weighted by Gasteiger charge is -2.27. The number of rotatable bonds is 6. The maximum absolute atomic E-state index is 12.5. The van der Waals surface area contributed by atoms with Gasteiger partial charge in [0.25, 0.3) is 0 Å². The van der Waals surface area contributed by atoms with Gasteiger partial charge in [-0.05, 0) is 30.2 Å². The van der Waals surface area contributed by atoms with E-state index in [1.807, 2.05) is 49.4 Å². The van der Waals surface area contributed by atoms with Gasteiger partial charge >= 0.3 is 0 Å². The second-order valence-electron chi connectivity index (χ2n) is 5.98. The molecule has 0 aliphatic heterocycles. The van der Waals surface area contributed by atoms with Crippen molar-refractivity contribution in [1.82, 2.24) is 4.90 Å². The Morgan fingerprint density at radius 2 is 1.78 bits per heavy atom. The molecule has 0 aromatic heterocycles. The maximum Gasteiger partial charge on any atom is 0.227 e. The summed E-state index contributed by atoms with van der Waals surface area (Å²) in [5, 5.41) is 2.24. The average molecular weight is 333 g/mol. The van der Waals surface area contributed by atoms with Crippen molar-refractivity contribution in [2.24, 2.45) is 0 Å². The van der Waals surface area contributed by atoms with Crippen LogP contribution in [0.5, 0.6) is 0 Å². The fourth-order valence-electron chi connectivity index (χ4n) is 2.89. The first-order chi connectivity index (χ1) is 10.8. The van der Waals surface area contributed by atoms with Gasteiger partial charge in [-0.25, -0.2) is 8.42 Å². The van der Waals surface area contributed by atoms with E-state index in [1.165, 1.54) is 6.26 Å². The number of carbonyl (C=O) groups is 1. The molecule has 2 rings (SSSR count). The fraction of sp³-hybridized carbons (Fsp3) is 0.389. The highest BCUT2D eigenvalue weighted by Crippen LogP contribution is 2.17. The first-order valence-corrected chi connectivity index (χ1v) is 9.81. The lowest BCUT2D eigenvalue weighted by Crippen LogP contribution is -2.42. The monoisotopic (exact) mass is 333 g/mol. The Balaban J connectivity index is 2.14. The van der Waals surface area contributed by atoms with Gasteiger partial charge in [-0.3, -0.25) is 4.79 Å². The zero-order chi connectivity index (χ0) is 17.0. The van der Waals surface area contributed by atoms with E-state index in [9.17, 15) is 13.2 Å². The topological polar surface area (TPSA) is 54.5 Å². The van der Waals surface area contributed by atoms with E-state index in [0.717, 1.165) is 16.3 Å². The van der Waals surface area contributed by atoms with Crippen molar-refractivity contribution in [3.05, 3.63) is 48.0 Å². The van der Waals surface area contributed by atoms with Crippen LogP contribution in [0.25, 0.3) is 10.8 Å². The van der Waals surface area contributed by atoms with Crippen LogP contribution in [-0.2, 0) is 21.1 Å². The Morgan fingerprint density at radius 1 is 1.13 bits per heavy atom. The minimum absolute atomic E-state index is 0.00962. The Kier molecular flexibility index (Phi) is 5.42. The molecule has 0 saturated heterocycles. The lowest BCUT2D eigenvalue weighted by molar-refractivity contribution is -0.131. The average Bonchev–Trinajstić information content (AvgIpc) is 2.46. The van der Waals surface area contributed by atoms with Gasteiger partial charge in [0, 0.05) is 18.8 Å². The molecule has 0 N–H and O–H groups in total. The maximum atomic E-state index is 12.5. The van der Waals surface area contributed by atoms with Crippen LogP contribution < -0.4 is 0 Å². The lowest BCUT2D eigenvalue weighted by atomic mass is 10.0. The van der Waals surface area contributed by atoms with Crippen LogP contribution in [0.4, 0.5) is 0 Å². The molecular formula is C18H23NO3S. The third kappa shape index (κ3) is 4.79. The number of amides is 1. The SMILES string of the molecule is CCN(C(=O)Cc1ccc2ccccc2c1)[C@@H](C)CS(C)(=O)=O. The first kappa shape index (κ1) is 17.5. The van der Waals surface area contributed by atoms with E-state index in [4.69, 9.17) is 0 Å². The standard InChI is InChI=1S/C18H23NO3S/c1-4-19(14(2)13-23(3,21)22)18(20)12-15-9-10-16-7-5-6-8-17(16)11-15/h5-11,14H,4,12-13H2,1-3H3/t14-/m0/s1. The third-order valence-corrected chi connectivity index (χ3v) is 4.99. The molecule has 2 aromatic rings. The van der Waals surface area contributed by atoms with Gasteiger partial charge in [-0.2, -0.15) is 0 Å². The van der Waals surface area contributed by atoms with Crippen LogP contribution in [0.2, 0.25) is 0 Å². The summed E-state index contributed by atoms with van der Waals surface area (Å²) in [6.45, 7) is 4.16.